The molecule has 0 saturated heterocycles. The quantitative estimate of drug-likeness (QED) is 0.873. The van der Waals surface area contributed by atoms with Gasteiger partial charge in [-0.3, -0.25) is 14.6 Å². The Labute approximate surface area is 124 Å². The van der Waals surface area contributed by atoms with Crippen LogP contribution in [0.2, 0.25) is 0 Å². The van der Waals surface area contributed by atoms with Crippen LogP contribution in [0.5, 0.6) is 0 Å². The van der Waals surface area contributed by atoms with Gasteiger partial charge in [0.2, 0.25) is 0 Å². The number of hydrogen-bond donors (Lipinski definition) is 1. The molecule has 3 rings (SSSR count). The third kappa shape index (κ3) is 2.82. The van der Waals surface area contributed by atoms with Crippen molar-refractivity contribution in [2.75, 3.05) is 0 Å². The van der Waals surface area contributed by atoms with Crippen LogP contribution in [0.25, 0.3) is 11.5 Å². The van der Waals surface area contributed by atoms with Gasteiger partial charge >= 0.3 is 0 Å². The first-order valence-electron chi connectivity index (χ1n) is 7.30. The Morgan fingerprint density at radius 1 is 1.40 bits per heavy atom. The Morgan fingerprint density at radius 2 is 2.30 bits per heavy atom. The number of pyridine rings is 1. The summed E-state index contributed by atoms with van der Waals surface area (Å²) in [7, 11) is 0. The molecular formula is C15H20N4S. The van der Waals surface area contributed by atoms with E-state index in [1.165, 1.54) is 25.7 Å². The zero-order chi connectivity index (χ0) is 13.9. The van der Waals surface area contributed by atoms with Gasteiger partial charge in [0.05, 0.1) is 0 Å². The highest BCUT2D eigenvalue weighted by atomic mass is 32.1. The SMILES string of the molecule is CC1CCCC(Cn2c(-c3ccccn3)n[nH]c2=S)C1. The molecule has 2 aromatic rings. The number of aromatic nitrogens is 4. The number of aromatic amines is 1. The summed E-state index contributed by atoms with van der Waals surface area (Å²) >= 11 is 5.39. The van der Waals surface area contributed by atoms with E-state index in [-0.39, 0.29) is 0 Å². The van der Waals surface area contributed by atoms with Gasteiger partial charge in [-0.15, -0.1) is 0 Å². The molecule has 1 aliphatic carbocycles. The maximum atomic E-state index is 5.39. The van der Waals surface area contributed by atoms with Crippen molar-refractivity contribution >= 4 is 12.2 Å². The largest absolute Gasteiger partial charge is 0.299 e. The molecule has 2 unspecified atom stereocenters. The first-order valence-corrected chi connectivity index (χ1v) is 7.71. The average molecular weight is 288 g/mol. The summed E-state index contributed by atoms with van der Waals surface area (Å²) < 4.78 is 2.81. The highest BCUT2D eigenvalue weighted by Gasteiger charge is 2.21. The highest BCUT2D eigenvalue weighted by molar-refractivity contribution is 7.71. The zero-order valence-corrected chi connectivity index (χ0v) is 12.6. The van der Waals surface area contributed by atoms with Gasteiger partial charge in [-0.2, -0.15) is 5.10 Å². The minimum atomic E-state index is 0.698. The van der Waals surface area contributed by atoms with E-state index in [1.807, 2.05) is 18.2 Å². The van der Waals surface area contributed by atoms with E-state index in [9.17, 15) is 0 Å². The van der Waals surface area contributed by atoms with Crippen molar-refractivity contribution < 1.29 is 0 Å². The second-order valence-corrected chi connectivity index (χ2v) is 6.20. The molecule has 0 aromatic carbocycles. The summed E-state index contributed by atoms with van der Waals surface area (Å²) in [6.45, 7) is 3.30. The fourth-order valence-electron chi connectivity index (χ4n) is 3.16. The standard InChI is InChI=1S/C15H20N4S/c1-11-5-4-6-12(9-11)10-19-14(17-18-15(19)20)13-7-2-3-8-16-13/h2-3,7-8,11-12H,4-6,9-10H2,1H3,(H,18,20). The van der Waals surface area contributed by atoms with Gasteiger partial charge in [0.1, 0.15) is 5.69 Å². The lowest BCUT2D eigenvalue weighted by atomic mass is 9.82. The molecule has 20 heavy (non-hydrogen) atoms. The molecular weight excluding hydrogens is 268 g/mol. The van der Waals surface area contributed by atoms with E-state index in [0.29, 0.717) is 10.7 Å². The van der Waals surface area contributed by atoms with Gasteiger partial charge < -0.3 is 0 Å². The van der Waals surface area contributed by atoms with Crippen molar-refractivity contribution in [2.24, 2.45) is 11.8 Å². The summed E-state index contributed by atoms with van der Waals surface area (Å²) in [5.74, 6) is 2.38. The van der Waals surface area contributed by atoms with E-state index in [0.717, 1.165) is 24.0 Å². The minimum Gasteiger partial charge on any atom is -0.299 e. The number of rotatable bonds is 3. The molecule has 4 nitrogen and oxygen atoms in total. The smallest absolute Gasteiger partial charge is 0.195 e. The topological polar surface area (TPSA) is 46.5 Å². The van der Waals surface area contributed by atoms with E-state index in [2.05, 4.69) is 26.7 Å². The van der Waals surface area contributed by atoms with Crippen LogP contribution in [0.4, 0.5) is 0 Å². The Balaban J connectivity index is 1.86. The number of nitrogens with zero attached hydrogens (tertiary/aromatic N) is 3. The summed E-state index contributed by atoms with van der Waals surface area (Å²) in [4.78, 5) is 4.38. The molecule has 0 amide bonds. The number of hydrogen-bond acceptors (Lipinski definition) is 3. The summed E-state index contributed by atoms with van der Waals surface area (Å²) in [6.07, 6.45) is 7.06. The highest BCUT2D eigenvalue weighted by Crippen LogP contribution is 2.30. The lowest BCUT2D eigenvalue weighted by molar-refractivity contribution is 0.256. The molecule has 2 atom stereocenters. The van der Waals surface area contributed by atoms with Crippen LogP contribution in [-0.4, -0.2) is 19.7 Å². The van der Waals surface area contributed by atoms with Gasteiger partial charge in [0.15, 0.2) is 10.6 Å². The first kappa shape index (κ1) is 13.5. The van der Waals surface area contributed by atoms with Crippen LogP contribution in [0.1, 0.15) is 32.6 Å². The molecule has 0 radical (unpaired) electrons. The Hall–Kier alpha value is -1.49. The molecule has 1 fully saturated rings. The van der Waals surface area contributed by atoms with Crippen LogP contribution in [0, 0.1) is 16.6 Å². The molecule has 1 saturated carbocycles. The van der Waals surface area contributed by atoms with E-state index in [1.54, 1.807) is 6.20 Å². The monoisotopic (exact) mass is 288 g/mol. The molecule has 1 N–H and O–H groups in total. The normalized spacial score (nSPS) is 22.9. The third-order valence-electron chi connectivity index (χ3n) is 4.14. The van der Waals surface area contributed by atoms with E-state index in [4.69, 9.17) is 12.2 Å². The zero-order valence-electron chi connectivity index (χ0n) is 11.7. The number of H-pyrrole nitrogens is 1. The predicted octanol–water partition coefficient (Wildman–Crippen LogP) is 3.83. The van der Waals surface area contributed by atoms with E-state index < -0.39 is 0 Å². The molecule has 0 bridgehead atoms. The predicted molar refractivity (Wildman–Crippen MR) is 81.8 cm³/mol. The van der Waals surface area contributed by atoms with Gasteiger partial charge in [-0.05, 0) is 49.0 Å². The van der Waals surface area contributed by atoms with Crippen LogP contribution >= 0.6 is 12.2 Å². The van der Waals surface area contributed by atoms with Crippen LogP contribution in [0.15, 0.2) is 24.4 Å². The fraction of sp³-hybridized carbons (Fsp3) is 0.533. The molecule has 0 spiro atoms. The van der Waals surface area contributed by atoms with Crippen LogP contribution < -0.4 is 0 Å². The lowest BCUT2D eigenvalue weighted by Gasteiger charge is -2.27. The summed E-state index contributed by atoms with van der Waals surface area (Å²) in [5.41, 5.74) is 0.878. The minimum absolute atomic E-state index is 0.698. The van der Waals surface area contributed by atoms with Crippen molar-refractivity contribution in [2.45, 2.75) is 39.2 Å². The van der Waals surface area contributed by atoms with Crippen molar-refractivity contribution in [3.8, 4) is 11.5 Å². The molecule has 1 aliphatic rings. The van der Waals surface area contributed by atoms with Gasteiger partial charge in [-0.1, -0.05) is 25.8 Å². The van der Waals surface area contributed by atoms with Gasteiger partial charge in [0.25, 0.3) is 0 Å². The van der Waals surface area contributed by atoms with Gasteiger partial charge in [0, 0.05) is 12.7 Å². The average Bonchev–Trinajstić information content (AvgIpc) is 2.81. The van der Waals surface area contributed by atoms with Crippen molar-refractivity contribution in [3.05, 3.63) is 29.2 Å². The first-order chi connectivity index (χ1) is 9.74. The summed E-state index contributed by atoms with van der Waals surface area (Å²) in [5, 5.41) is 7.27. The van der Waals surface area contributed by atoms with Gasteiger partial charge in [-0.25, -0.2) is 0 Å². The van der Waals surface area contributed by atoms with Crippen LogP contribution in [-0.2, 0) is 6.54 Å². The van der Waals surface area contributed by atoms with Crippen LogP contribution in [0.3, 0.4) is 0 Å². The molecule has 2 aromatic heterocycles. The fourth-order valence-corrected chi connectivity index (χ4v) is 3.37. The Bertz CT molecular complexity index is 616. The van der Waals surface area contributed by atoms with Crippen molar-refractivity contribution in [1.29, 1.82) is 0 Å². The molecule has 2 heterocycles. The maximum Gasteiger partial charge on any atom is 0.195 e. The Kier molecular flexibility index (Phi) is 3.96. The molecule has 5 heteroatoms. The van der Waals surface area contributed by atoms with Crippen molar-refractivity contribution in [3.63, 3.8) is 0 Å². The molecule has 106 valence electrons. The second kappa shape index (κ2) is 5.87. The number of nitrogens with one attached hydrogen (secondary N) is 1. The van der Waals surface area contributed by atoms with Crippen molar-refractivity contribution in [1.82, 2.24) is 19.7 Å². The maximum absolute atomic E-state index is 5.39. The van der Waals surface area contributed by atoms with E-state index >= 15 is 0 Å². The summed E-state index contributed by atoms with van der Waals surface area (Å²) in [6, 6.07) is 5.87. The lowest BCUT2D eigenvalue weighted by Crippen LogP contribution is -2.19. The third-order valence-corrected chi connectivity index (χ3v) is 4.45. The second-order valence-electron chi connectivity index (χ2n) is 5.82. The Morgan fingerprint density at radius 3 is 3.05 bits per heavy atom. The molecule has 0 aliphatic heterocycles.